The van der Waals surface area contributed by atoms with Crippen molar-refractivity contribution in [2.75, 3.05) is 20.8 Å². The average Bonchev–Trinajstić information content (AvgIpc) is 2.91. The summed E-state index contributed by atoms with van der Waals surface area (Å²) in [6, 6.07) is 11.6. The lowest BCUT2D eigenvalue weighted by Gasteiger charge is -2.27. The second kappa shape index (κ2) is 7.30. The second-order valence-corrected chi connectivity index (χ2v) is 6.65. The standard InChI is InChI=1S/C21H25N3O2/c1-14-9-8-10-16-15(2)20(24(4)19(14)16)21(25)23(3)18(13-26-5)17-11-6-7-12-22-17/h6-12,18H,13H2,1-5H3/t18-/m1/s1. The molecule has 0 spiro atoms. The van der Waals surface area contributed by atoms with Crippen molar-refractivity contribution in [1.82, 2.24) is 14.5 Å². The number of nitrogens with zero attached hydrogens (tertiary/aromatic N) is 3. The van der Waals surface area contributed by atoms with Crippen LogP contribution in [0.4, 0.5) is 0 Å². The van der Waals surface area contributed by atoms with Gasteiger partial charge in [0.15, 0.2) is 0 Å². The monoisotopic (exact) mass is 351 g/mol. The number of hydrogen-bond donors (Lipinski definition) is 0. The van der Waals surface area contributed by atoms with Crippen LogP contribution < -0.4 is 0 Å². The van der Waals surface area contributed by atoms with Crippen molar-refractivity contribution in [3.05, 3.63) is 65.1 Å². The van der Waals surface area contributed by atoms with Crippen LogP contribution in [0.25, 0.3) is 10.9 Å². The number of aryl methyl sites for hydroxylation is 3. The van der Waals surface area contributed by atoms with Gasteiger partial charge >= 0.3 is 0 Å². The minimum atomic E-state index is -0.243. The maximum Gasteiger partial charge on any atom is 0.271 e. The number of carbonyl (C=O) groups is 1. The summed E-state index contributed by atoms with van der Waals surface area (Å²) in [4.78, 5) is 19.5. The van der Waals surface area contributed by atoms with Gasteiger partial charge in [-0.15, -0.1) is 0 Å². The van der Waals surface area contributed by atoms with Crippen LogP contribution in [0, 0.1) is 13.8 Å². The molecule has 0 unspecified atom stereocenters. The highest BCUT2D eigenvalue weighted by molar-refractivity contribution is 6.02. The van der Waals surface area contributed by atoms with Crippen LogP contribution in [-0.2, 0) is 11.8 Å². The minimum Gasteiger partial charge on any atom is -0.382 e. The van der Waals surface area contributed by atoms with E-state index in [0.717, 1.165) is 27.7 Å². The van der Waals surface area contributed by atoms with Crippen LogP contribution in [0.5, 0.6) is 0 Å². The number of ether oxygens (including phenoxy) is 1. The quantitative estimate of drug-likeness (QED) is 0.705. The van der Waals surface area contributed by atoms with Gasteiger partial charge < -0.3 is 14.2 Å². The first-order valence-electron chi connectivity index (χ1n) is 8.69. The Kier molecular flexibility index (Phi) is 5.09. The molecule has 1 atom stereocenters. The highest BCUT2D eigenvalue weighted by Gasteiger charge is 2.28. The van der Waals surface area contributed by atoms with Crippen LogP contribution in [-0.4, -0.2) is 41.1 Å². The van der Waals surface area contributed by atoms with E-state index in [2.05, 4.69) is 24.0 Å². The Bertz CT molecular complexity index is 931. The Balaban J connectivity index is 2.05. The highest BCUT2D eigenvalue weighted by atomic mass is 16.5. The van der Waals surface area contributed by atoms with Gasteiger partial charge in [0.1, 0.15) is 5.69 Å². The van der Waals surface area contributed by atoms with E-state index in [1.807, 2.05) is 49.9 Å². The van der Waals surface area contributed by atoms with Crippen molar-refractivity contribution in [3.63, 3.8) is 0 Å². The zero-order chi connectivity index (χ0) is 18.8. The molecule has 0 saturated carbocycles. The van der Waals surface area contributed by atoms with Gasteiger partial charge in [-0.3, -0.25) is 9.78 Å². The van der Waals surface area contributed by atoms with Gasteiger partial charge in [-0.2, -0.15) is 0 Å². The average molecular weight is 351 g/mol. The smallest absolute Gasteiger partial charge is 0.271 e. The first-order valence-corrected chi connectivity index (χ1v) is 8.69. The van der Waals surface area contributed by atoms with E-state index in [0.29, 0.717) is 12.3 Å². The summed E-state index contributed by atoms with van der Waals surface area (Å²) in [5, 5.41) is 1.12. The number of amides is 1. The van der Waals surface area contributed by atoms with Gasteiger partial charge in [0.2, 0.25) is 0 Å². The zero-order valence-electron chi connectivity index (χ0n) is 16.0. The van der Waals surface area contributed by atoms with Crippen LogP contribution >= 0.6 is 0 Å². The lowest BCUT2D eigenvalue weighted by atomic mass is 10.1. The van der Waals surface area contributed by atoms with Gasteiger partial charge in [0, 0.05) is 32.8 Å². The highest BCUT2D eigenvalue weighted by Crippen LogP contribution is 2.29. The van der Waals surface area contributed by atoms with Crippen LogP contribution in [0.3, 0.4) is 0 Å². The van der Waals surface area contributed by atoms with Gasteiger partial charge in [0.05, 0.1) is 23.9 Å². The third-order valence-corrected chi connectivity index (χ3v) is 5.01. The first kappa shape index (κ1) is 18.1. The van der Waals surface area contributed by atoms with Crippen molar-refractivity contribution < 1.29 is 9.53 Å². The van der Waals surface area contributed by atoms with Crippen LogP contribution in [0.15, 0.2) is 42.6 Å². The number of aromatic nitrogens is 2. The van der Waals surface area contributed by atoms with E-state index in [1.165, 1.54) is 0 Å². The number of para-hydroxylation sites is 1. The number of fused-ring (bicyclic) bond motifs is 1. The van der Waals surface area contributed by atoms with Gasteiger partial charge in [-0.05, 0) is 37.1 Å². The molecule has 3 rings (SSSR count). The number of pyridine rings is 1. The molecule has 2 aromatic heterocycles. The number of benzene rings is 1. The fourth-order valence-corrected chi connectivity index (χ4v) is 3.64. The molecule has 5 heteroatoms. The number of methoxy groups -OCH3 is 1. The van der Waals surface area contributed by atoms with Crippen molar-refractivity contribution in [2.45, 2.75) is 19.9 Å². The van der Waals surface area contributed by atoms with Crippen LogP contribution in [0.2, 0.25) is 0 Å². The SMILES string of the molecule is COC[C@H](c1ccccn1)N(C)C(=O)c1c(C)c2cccc(C)c2n1C. The van der Waals surface area contributed by atoms with E-state index >= 15 is 0 Å². The Morgan fingerprint density at radius 2 is 2.00 bits per heavy atom. The fourth-order valence-electron chi connectivity index (χ4n) is 3.64. The summed E-state index contributed by atoms with van der Waals surface area (Å²) in [5.41, 5.74) is 4.78. The molecule has 0 radical (unpaired) electrons. The number of likely N-dealkylation sites (N-methyl/N-ethyl adjacent to an activating group) is 1. The molecule has 2 heterocycles. The molecule has 1 amide bonds. The van der Waals surface area contributed by atoms with E-state index in [4.69, 9.17) is 4.74 Å². The van der Waals surface area contributed by atoms with E-state index < -0.39 is 0 Å². The summed E-state index contributed by atoms with van der Waals surface area (Å²) >= 11 is 0. The van der Waals surface area contributed by atoms with Crippen LogP contribution in [0.1, 0.15) is 33.4 Å². The molecule has 0 aliphatic carbocycles. The Hall–Kier alpha value is -2.66. The molecular weight excluding hydrogens is 326 g/mol. The zero-order valence-corrected chi connectivity index (χ0v) is 16.0. The topological polar surface area (TPSA) is 47.4 Å². The van der Waals surface area contributed by atoms with E-state index in [1.54, 1.807) is 18.2 Å². The molecule has 0 saturated heterocycles. The molecule has 136 valence electrons. The second-order valence-electron chi connectivity index (χ2n) is 6.65. The van der Waals surface area contributed by atoms with Crippen molar-refractivity contribution >= 4 is 16.8 Å². The van der Waals surface area contributed by atoms with Gasteiger partial charge in [-0.1, -0.05) is 24.3 Å². The summed E-state index contributed by atoms with van der Waals surface area (Å²) < 4.78 is 7.36. The molecule has 3 aromatic rings. The Morgan fingerprint density at radius 3 is 2.62 bits per heavy atom. The van der Waals surface area contributed by atoms with E-state index in [9.17, 15) is 4.79 Å². The molecule has 0 aliphatic heterocycles. The third kappa shape index (κ3) is 2.99. The van der Waals surface area contributed by atoms with Gasteiger partial charge in [0.25, 0.3) is 5.91 Å². The predicted octanol–water partition coefficient (Wildman–Crippen LogP) is 3.65. The maximum absolute atomic E-state index is 13.4. The fraction of sp³-hybridized carbons (Fsp3) is 0.333. The lowest BCUT2D eigenvalue weighted by molar-refractivity contribution is 0.0586. The molecule has 0 fully saturated rings. The predicted molar refractivity (Wildman–Crippen MR) is 103 cm³/mol. The molecule has 0 aliphatic rings. The number of carbonyl (C=O) groups excluding carboxylic acids is 1. The van der Waals surface area contributed by atoms with Gasteiger partial charge in [-0.25, -0.2) is 0 Å². The largest absolute Gasteiger partial charge is 0.382 e. The number of hydrogen-bond acceptors (Lipinski definition) is 3. The molecule has 26 heavy (non-hydrogen) atoms. The van der Waals surface area contributed by atoms with Crippen molar-refractivity contribution in [3.8, 4) is 0 Å². The molecule has 1 aromatic carbocycles. The van der Waals surface area contributed by atoms with Crippen molar-refractivity contribution in [1.29, 1.82) is 0 Å². The summed E-state index contributed by atoms with van der Waals surface area (Å²) in [6.07, 6.45) is 1.74. The molecule has 0 bridgehead atoms. The molecular formula is C21H25N3O2. The first-order chi connectivity index (χ1) is 12.5. The Morgan fingerprint density at radius 1 is 1.23 bits per heavy atom. The summed E-state index contributed by atoms with van der Waals surface area (Å²) in [6.45, 7) is 4.47. The maximum atomic E-state index is 13.4. The number of rotatable bonds is 5. The summed E-state index contributed by atoms with van der Waals surface area (Å²) in [7, 11) is 5.40. The normalized spacial score (nSPS) is 12.3. The molecule has 5 nitrogen and oxygen atoms in total. The Labute approximate surface area is 154 Å². The summed E-state index contributed by atoms with van der Waals surface area (Å²) in [5.74, 6) is -0.0340. The van der Waals surface area contributed by atoms with E-state index in [-0.39, 0.29) is 11.9 Å². The third-order valence-electron chi connectivity index (χ3n) is 5.01. The lowest BCUT2D eigenvalue weighted by Crippen LogP contribution is -2.35. The molecule has 0 N–H and O–H groups in total. The van der Waals surface area contributed by atoms with Crippen molar-refractivity contribution in [2.24, 2.45) is 7.05 Å². The minimum absolute atomic E-state index is 0.0340.